The number of carbonyl (C=O) groups excluding carboxylic acids is 2. The highest BCUT2D eigenvalue weighted by Crippen LogP contribution is 2.30. The van der Waals surface area contributed by atoms with Crippen molar-refractivity contribution < 1.29 is 14.3 Å². The molecule has 0 radical (unpaired) electrons. The molecule has 2 aromatic carbocycles. The van der Waals surface area contributed by atoms with Crippen LogP contribution in [0.2, 0.25) is 0 Å². The summed E-state index contributed by atoms with van der Waals surface area (Å²) in [6.45, 7) is 2.65. The number of methoxy groups -OCH3 is 1. The molecule has 0 atom stereocenters. The second-order valence-electron chi connectivity index (χ2n) is 7.78. The van der Waals surface area contributed by atoms with Crippen LogP contribution in [0.15, 0.2) is 48.5 Å². The van der Waals surface area contributed by atoms with Crippen LogP contribution in [0.5, 0.6) is 0 Å². The first-order valence-corrected chi connectivity index (χ1v) is 11.2. The highest BCUT2D eigenvalue weighted by molar-refractivity contribution is 6.29. The molecule has 0 spiro atoms. The Labute approximate surface area is 188 Å². The normalized spacial score (nSPS) is 14.3. The quantitative estimate of drug-likeness (QED) is 0.458. The van der Waals surface area contributed by atoms with Crippen LogP contribution in [-0.2, 0) is 16.0 Å². The number of nitrogens with one attached hydrogen (secondary N) is 2. The molecule has 1 heterocycles. The molecule has 1 fully saturated rings. The maximum atomic E-state index is 12.9. The van der Waals surface area contributed by atoms with Crippen molar-refractivity contribution in [3.63, 3.8) is 0 Å². The van der Waals surface area contributed by atoms with Gasteiger partial charge in [-0.2, -0.15) is 0 Å². The summed E-state index contributed by atoms with van der Waals surface area (Å²) in [6, 6.07) is 16.0. The lowest BCUT2D eigenvalue weighted by Crippen LogP contribution is -2.36. The molecule has 0 aliphatic carbocycles. The maximum Gasteiger partial charge on any atom is 0.253 e. The molecular formula is C24H30ClN3O3. The number of anilines is 2. The summed E-state index contributed by atoms with van der Waals surface area (Å²) in [5.41, 5.74) is 3.37. The summed E-state index contributed by atoms with van der Waals surface area (Å²) in [4.78, 5) is 26.8. The number of halogens is 1. The molecule has 0 saturated carbocycles. The first-order valence-electron chi connectivity index (χ1n) is 10.7. The van der Waals surface area contributed by atoms with Gasteiger partial charge in [0.25, 0.3) is 5.91 Å². The van der Waals surface area contributed by atoms with Gasteiger partial charge in [0.15, 0.2) is 0 Å². The van der Waals surface area contributed by atoms with Crippen molar-refractivity contribution in [2.45, 2.75) is 19.3 Å². The lowest BCUT2D eigenvalue weighted by Gasteiger charge is -2.35. The van der Waals surface area contributed by atoms with Gasteiger partial charge in [-0.3, -0.25) is 9.59 Å². The van der Waals surface area contributed by atoms with Crippen LogP contribution < -0.4 is 15.5 Å². The average Bonchev–Trinajstić information content (AvgIpc) is 2.80. The van der Waals surface area contributed by atoms with E-state index in [9.17, 15) is 9.59 Å². The van der Waals surface area contributed by atoms with Crippen LogP contribution in [0.25, 0.3) is 0 Å². The SMILES string of the molecule is COCCNC(=O)c1cc(NC(=O)CCl)ccc1N1CCC(Cc2ccccc2)CC1. The molecule has 2 amide bonds. The fourth-order valence-corrected chi connectivity index (χ4v) is 4.02. The summed E-state index contributed by atoms with van der Waals surface area (Å²) < 4.78 is 5.03. The molecule has 1 aliphatic heterocycles. The molecule has 7 heteroatoms. The second-order valence-corrected chi connectivity index (χ2v) is 8.05. The van der Waals surface area contributed by atoms with E-state index in [1.54, 1.807) is 13.2 Å². The Bertz CT molecular complexity index is 868. The highest BCUT2D eigenvalue weighted by atomic mass is 35.5. The molecule has 166 valence electrons. The van der Waals surface area contributed by atoms with Crippen LogP contribution in [0.1, 0.15) is 28.8 Å². The first-order chi connectivity index (χ1) is 15.1. The maximum absolute atomic E-state index is 12.9. The number of hydrogen-bond acceptors (Lipinski definition) is 4. The van der Waals surface area contributed by atoms with Gasteiger partial charge >= 0.3 is 0 Å². The predicted molar refractivity (Wildman–Crippen MR) is 125 cm³/mol. The minimum absolute atomic E-state index is 0.133. The molecule has 6 nitrogen and oxygen atoms in total. The van der Waals surface area contributed by atoms with E-state index in [-0.39, 0.29) is 17.7 Å². The van der Waals surface area contributed by atoms with Crippen LogP contribution in [0.4, 0.5) is 11.4 Å². The standard InChI is InChI=1S/C24H30ClN3O3/c1-31-14-11-26-24(30)21-16-20(27-23(29)17-25)7-8-22(21)28-12-9-19(10-13-28)15-18-5-3-2-4-6-18/h2-8,16,19H,9-15,17H2,1H3,(H,26,30)(H,27,29). The number of piperidine rings is 1. The largest absolute Gasteiger partial charge is 0.383 e. The summed E-state index contributed by atoms with van der Waals surface area (Å²) in [6.07, 6.45) is 3.23. The van der Waals surface area contributed by atoms with Gasteiger partial charge in [-0.05, 0) is 48.9 Å². The Morgan fingerprint density at radius 3 is 2.55 bits per heavy atom. The van der Waals surface area contributed by atoms with Crippen molar-refractivity contribution in [3.05, 3.63) is 59.7 Å². The summed E-state index contributed by atoms with van der Waals surface area (Å²) in [5, 5.41) is 5.61. The van der Waals surface area contributed by atoms with Gasteiger partial charge in [0, 0.05) is 38.1 Å². The smallest absolute Gasteiger partial charge is 0.253 e. The zero-order valence-electron chi connectivity index (χ0n) is 17.9. The Kier molecular flexibility index (Phi) is 8.74. The number of ether oxygens (including phenoxy) is 1. The van der Waals surface area contributed by atoms with Crippen LogP contribution in [-0.4, -0.2) is 51.0 Å². The van der Waals surface area contributed by atoms with E-state index in [1.807, 2.05) is 18.2 Å². The van der Waals surface area contributed by atoms with E-state index in [1.165, 1.54) is 5.56 Å². The minimum Gasteiger partial charge on any atom is -0.383 e. The fourth-order valence-electron chi connectivity index (χ4n) is 3.95. The number of nitrogens with zero attached hydrogens (tertiary/aromatic N) is 1. The van der Waals surface area contributed by atoms with Crippen molar-refractivity contribution in [3.8, 4) is 0 Å². The molecule has 2 N–H and O–H groups in total. The third-order valence-corrected chi connectivity index (χ3v) is 5.80. The van der Waals surface area contributed by atoms with Crippen molar-refractivity contribution >= 4 is 34.8 Å². The zero-order chi connectivity index (χ0) is 22.1. The Morgan fingerprint density at radius 2 is 1.87 bits per heavy atom. The summed E-state index contributed by atoms with van der Waals surface area (Å²) in [7, 11) is 1.60. The predicted octanol–water partition coefficient (Wildman–Crippen LogP) is 3.70. The first kappa shape index (κ1) is 23.1. The summed E-state index contributed by atoms with van der Waals surface area (Å²) >= 11 is 5.60. The Morgan fingerprint density at radius 1 is 1.13 bits per heavy atom. The average molecular weight is 444 g/mol. The number of rotatable bonds is 9. The van der Waals surface area contributed by atoms with E-state index in [4.69, 9.17) is 16.3 Å². The topological polar surface area (TPSA) is 70.7 Å². The van der Waals surface area contributed by atoms with Crippen molar-refractivity contribution in [1.29, 1.82) is 0 Å². The van der Waals surface area contributed by atoms with Crippen molar-refractivity contribution in [2.24, 2.45) is 5.92 Å². The lowest BCUT2D eigenvalue weighted by atomic mass is 9.89. The molecule has 0 unspecified atom stereocenters. The molecule has 0 bridgehead atoms. The number of carbonyl (C=O) groups is 2. The second kappa shape index (κ2) is 11.7. The molecule has 2 aromatic rings. The van der Waals surface area contributed by atoms with Crippen LogP contribution in [0, 0.1) is 5.92 Å². The van der Waals surface area contributed by atoms with E-state index >= 15 is 0 Å². The third kappa shape index (κ3) is 6.71. The van der Waals surface area contributed by atoms with E-state index in [0.717, 1.165) is 38.0 Å². The fraction of sp³-hybridized carbons (Fsp3) is 0.417. The third-order valence-electron chi connectivity index (χ3n) is 5.56. The highest BCUT2D eigenvalue weighted by Gasteiger charge is 2.23. The van der Waals surface area contributed by atoms with Crippen LogP contribution >= 0.6 is 11.6 Å². The Balaban J connectivity index is 1.71. The molecule has 3 rings (SSSR count). The summed E-state index contributed by atoms with van der Waals surface area (Å²) in [5.74, 6) is 0.0220. The monoisotopic (exact) mass is 443 g/mol. The minimum atomic E-state index is -0.304. The lowest BCUT2D eigenvalue weighted by molar-refractivity contribution is -0.113. The van der Waals surface area contributed by atoms with Crippen LogP contribution in [0.3, 0.4) is 0 Å². The van der Waals surface area contributed by atoms with E-state index in [0.29, 0.717) is 30.3 Å². The van der Waals surface area contributed by atoms with Gasteiger partial charge in [0.05, 0.1) is 12.2 Å². The van der Waals surface area contributed by atoms with Gasteiger partial charge in [-0.25, -0.2) is 0 Å². The Hall–Kier alpha value is -2.57. The van der Waals surface area contributed by atoms with Gasteiger partial charge in [0.1, 0.15) is 5.88 Å². The number of benzene rings is 2. The van der Waals surface area contributed by atoms with Gasteiger partial charge in [-0.15, -0.1) is 11.6 Å². The molecule has 1 saturated heterocycles. The number of amides is 2. The van der Waals surface area contributed by atoms with Crippen molar-refractivity contribution in [2.75, 3.05) is 49.4 Å². The molecular weight excluding hydrogens is 414 g/mol. The van der Waals surface area contributed by atoms with E-state index in [2.05, 4.69) is 39.8 Å². The van der Waals surface area contributed by atoms with Crippen molar-refractivity contribution in [1.82, 2.24) is 5.32 Å². The van der Waals surface area contributed by atoms with Gasteiger partial charge < -0.3 is 20.3 Å². The van der Waals surface area contributed by atoms with Gasteiger partial charge in [0.2, 0.25) is 5.91 Å². The number of alkyl halides is 1. The van der Waals surface area contributed by atoms with E-state index < -0.39 is 0 Å². The molecule has 31 heavy (non-hydrogen) atoms. The number of hydrogen-bond donors (Lipinski definition) is 2. The molecule has 0 aromatic heterocycles. The zero-order valence-corrected chi connectivity index (χ0v) is 18.7. The van der Waals surface area contributed by atoms with Gasteiger partial charge in [-0.1, -0.05) is 30.3 Å². The molecule has 1 aliphatic rings.